The van der Waals surface area contributed by atoms with Crippen LogP contribution in [0.3, 0.4) is 0 Å². The lowest BCUT2D eigenvalue weighted by atomic mass is 9.85. The van der Waals surface area contributed by atoms with E-state index in [-0.39, 0.29) is 11.0 Å². The first-order valence-corrected chi connectivity index (χ1v) is 8.68. The van der Waals surface area contributed by atoms with Gasteiger partial charge in [-0.1, -0.05) is 38.5 Å². The van der Waals surface area contributed by atoms with Crippen LogP contribution in [0.2, 0.25) is 0 Å². The van der Waals surface area contributed by atoms with Crippen LogP contribution in [0.4, 0.5) is 0 Å². The smallest absolute Gasteiger partial charge is 0.120 e. The average Bonchev–Trinajstić information content (AvgIpc) is 2.77. The van der Waals surface area contributed by atoms with Gasteiger partial charge in [0.25, 0.3) is 0 Å². The lowest BCUT2D eigenvalue weighted by Gasteiger charge is -2.31. The number of benzene rings is 1. The molecular weight excluding hydrogens is 282 g/mol. The van der Waals surface area contributed by atoms with E-state index < -0.39 is 0 Å². The van der Waals surface area contributed by atoms with Crippen LogP contribution in [0.1, 0.15) is 65.5 Å². The SMILES string of the molecule is CC(C)(C)N=C1CC(Oc2ccc3c(c2)CC(C(C)(C)C)=C3)C1. The third kappa shape index (κ3) is 3.85. The summed E-state index contributed by atoms with van der Waals surface area (Å²) in [5, 5.41) is 0. The molecule has 1 fully saturated rings. The van der Waals surface area contributed by atoms with E-state index in [1.807, 2.05) is 0 Å². The first-order valence-electron chi connectivity index (χ1n) is 8.68. The molecule has 2 aliphatic rings. The van der Waals surface area contributed by atoms with E-state index in [0.29, 0.717) is 6.10 Å². The predicted octanol–water partition coefficient (Wildman–Crippen LogP) is 5.45. The normalized spacial score (nSPS) is 20.7. The van der Waals surface area contributed by atoms with Gasteiger partial charge in [0.15, 0.2) is 0 Å². The quantitative estimate of drug-likeness (QED) is 0.711. The fraction of sp³-hybridized carbons (Fsp3) is 0.571. The lowest BCUT2D eigenvalue weighted by molar-refractivity contribution is 0.191. The highest BCUT2D eigenvalue weighted by molar-refractivity contribution is 5.91. The molecule has 0 saturated heterocycles. The molecule has 0 aromatic heterocycles. The molecule has 23 heavy (non-hydrogen) atoms. The second-order valence-electron chi connectivity index (χ2n) is 8.95. The van der Waals surface area contributed by atoms with Crippen LogP contribution in [0, 0.1) is 5.41 Å². The van der Waals surface area contributed by atoms with Crippen molar-refractivity contribution < 1.29 is 4.74 Å². The second kappa shape index (κ2) is 5.51. The summed E-state index contributed by atoms with van der Waals surface area (Å²) in [6, 6.07) is 6.54. The monoisotopic (exact) mass is 311 g/mol. The number of ether oxygens (including phenoxy) is 1. The van der Waals surface area contributed by atoms with Crippen LogP contribution in [0.5, 0.6) is 5.75 Å². The molecule has 3 rings (SSSR count). The van der Waals surface area contributed by atoms with Crippen molar-refractivity contribution in [1.29, 1.82) is 0 Å². The van der Waals surface area contributed by atoms with Gasteiger partial charge in [-0.15, -0.1) is 0 Å². The van der Waals surface area contributed by atoms with Gasteiger partial charge in [0.05, 0.1) is 5.54 Å². The first-order chi connectivity index (χ1) is 10.6. The standard InChI is InChI=1S/C21H29NO/c1-20(2,3)16-9-14-7-8-18(11-15(14)10-16)23-19-12-17(13-19)22-21(4,5)6/h7-9,11,19H,10,12-13H2,1-6H3. The molecule has 2 nitrogen and oxygen atoms in total. The summed E-state index contributed by atoms with van der Waals surface area (Å²) >= 11 is 0. The van der Waals surface area contributed by atoms with E-state index in [1.54, 1.807) is 0 Å². The Labute approximate surface area is 140 Å². The maximum atomic E-state index is 6.14. The summed E-state index contributed by atoms with van der Waals surface area (Å²) in [4.78, 5) is 4.73. The molecule has 1 aromatic rings. The van der Waals surface area contributed by atoms with Gasteiger partial charge in [-0.2, -0.15) is 0 Å². The molecule has 2 heteroatoms. The molecule has 1 saturated carbocycles. The summed E-state index contributed by atoms with van der Waals surface area (Å²) in [7, 11) is 0. The van der Waals surface area contributed by atoms with Gasteiger partial charge in [0.2, 0.25) is 0 Å². The molecule has 124 valence electrons. The fourth-order valence-corrected chi connectivity index (χ4v) is 3.18. The van der Waals surface area contributed by atoms with Crippen molar-refractivity contribution in [3.8, 4) is 5.75 Å². The molecule has 0 radical (unpaired) electrons. The summed E-state index contributed by atoms with van der Waals surface area (Å²) in [5.74, 6) is 1.01. The van der Waals surface area contributed by atoms with Gasteiger partial charge < -0.3 is 4.74 Å². The number of aliphatic imine (C=N–C) groups is 1. The summed E-state index contributed by atoms with van der Waals surface area (Å²) in [6.07, 6.45) is 5.64. The first kappa shape index (κ1) is 16.3. The molecule has 2 aliphatic carbocycles. The Kier molecular flexibility index (Phi) is 3.90. The van der Waals surface area contributed by atoms with Crippen LogP contribution < -0.4 is 4.74 Å². The third-order valence-corrected chi connectivity index (χ3v) is 4.51. The largest absolute Gasteiger partial charge is 0.490 e. The van der Waals surface area contributed by atoms with Crippen LogP contribution in [-0.2, 0) is 6.42 Å². The maximum absolute atomic E-state index is 6.14. The molecule has 0 bridgehead atoms. The molecule has 0 unspecified atom stereocenters. The molecule has 0 atom stereocenters. The number of allylic oxidation sites excluding steroid dienone is 1. The van der Waals surface area contributed by atoms with Gasteiger partial charge >= 0.3 is 0 Å². The minimum atomic E-state index is 0.0307. The topological polar surface area (TPSA) is 21.6 Å². The van der Waals surface area contributed by atoms with E-state index in [9.17, 15) is 0 Å². The van der Waals surface area contributed by atoms with Crippen molar-refractivity contribution in [2.45, 2.75) is 72.4 Å². The van der Waals surface area contributed by atoms with E-state index in [4.69, 9.17) is 9.73 Å². The van der Waals surface area contributed by atoms with Crippen molar-refractivity contribution >= 4 is 11.8 Å². The molecule has 0 aliphatic heterocycles. The van der Waals surface area contributed by atoms with Crippen LogP contribution >= 0.6 is 0 Å². The third-order valence-electron chi connectivity index (χ3n) is 4.51. The van der Waals surface area contributed by atoms with Crippen molar-refractivity contribution in [3.63, 3.8) is 0 Å². The van der Waals surface area contributed by atoms with Crippen LogP contribution in [0.25, 0.3) is 6.08 Å². The summed E-state index contributed by atoms with van der Waals surface area (Å²) < 4.78 is 6.14. The Morgan fingerprint density at radius 3 is 2.35 bits per heavy atom. The molecule has 0 heterocycles. The highest BCUT2D eigenvalue weighted by Crippen LogP contribution is 2.38. The Hall–Kier alpha value is -1.57. The van der Waals surface area contributed by atoms with Gasteiger partial charge in [-0.05, 0) is 55.9 Å². The van der Waals surface area contributed by atoms with E-state index in [2.05, 4.69) is 65.8 Å². The highest BCUT2D eigenvalue weighted by atomic mass is 16.5. The summed E-state index contributed by atoms with van der Waals surface area (Å²) in [6.45, 7) is 13.3. The van der Waals surface area contributed by atoms with E-state index >= 15 is 0 Å². The average molecular weight is 311 g/mol. The molecule has 0 amide bonds. The van der Waals surface area contributed by atoms with Crippen molar-refractivity contribution in [2.75, 3.05) is 0 Å². The van der Waals surface area contributed by atoms with Gasteiger partial charge in [-0.3, -0.25) is 4.99 Å². The highest BCUT2D eigenvalue weighted by Gasteiger charge is 2.29. The van der Waals surface area contributed by atoms with Crippen molar-refractivity contribution in [1.82, 2.24) is 0 Å². The van der Waals surface area contributed by atoms with Crippen molar-refractivity contribution in [3.05, 3.63) is 34.9 Å². The summed E-state index contributed by atoms with van der Waals surface area (Å²) in [5.41, 5.74) is 5.82. The Balaban J connectivity index is 1.61. The number of nitrogens with zero attached hydrogens (tertiary/aromatic N) is 1. The van der Waals surface area contributed by atoms with E-state index in [0.717, 1.165) is 25.0 Å². The Bertz CT molecular complexity index is 660. The maximum Gasteiger partial charge on any atom is 0.120 e. The Morgan fingerprint density at radius 2 is 1.74 bits per heavy atom. The molecule has 1 aromatic carbocycles. The minimum absolute atomic E-state index is 0.0307. The second-order valence-corrected chi connectivity index (χ2v) is 8.95. The number of hydrogen-bond acceptors (Lipinski definition) is 2. The molecular formula is C21H29NO. The predicted molar refractivity (Wildman–Crippen MR) is 98.4 cm³/mol. The van der Waals surface area contributed by atoms with Crippen molar-refractivity contribution in [2.24, 2.45) is 10.4 Å². The van der Waals surface area contributed by atoms with Gasteiger partial charge in [0, 0.05) is 18.6 Å². The van der Waals surface area contributed by atoms with E-state index in [1.165, 1.54) is 22.4 Å². The lowest BCUT2D eigenvalue weighted by Crippen LogP contribution is -2.35. The minimum Gasteiger partial charge on any atom is -0.490 e. The Morgan fingerprint density at radius 1 is 1.04 bits per heavy atom. The number of hydrogen-bond donors (Lipinski definition) is 0. The fourth-order valence-electron chi connectivity index (χ4n) is 3.18. The number of rotatable bonds is 2. The van der Waals surface area contributed by atoms with Crippen LogP contribution in [-0.4, -0.2) is 17.4 Å². The van der Waals surface area contributed by atoms with Gasteiger partial charge in [-0.25, -0.2) is 0 Å². The van der Waals surface area contributed by atoms with Gasteiger partial charge in [0.1, 0.15) is 11.9 Å². The zero-order valence-corrected chi connectivity index (χ0v) is 15.4. The zero-order valence-electron chi connectivity index (χ0n) is 15.4. The molecule has 0 spiro atoms. The van der Waals surface area contributed by atoms with Crippen LogP contribution in [0.15, 0.2) is 28.8 Å². The zero-order chi connectivity index (χ0) is 16.8. The number of fused-ring (bicyclic) bond motifs is 1. The molecule has 0 N–H and O–H groups in total.